The molecular formula is C18H24ClN3O2. The molecule has 1 aromatic heterocycles. The van der Waals surface area contributed by atoms with Gasteiger partial charge in [0.2, 0.25) is 0 Å². The number of amides is 1. The Morgan fingerprint density at radius 3 is 2.62 bits per heavy atom. The fraction of sp³-hybridized carbons (Fsp3) is 0.444. The lowest BCUT2D eigenvalue weighted by Gasteiger charge is -2.21. The zero-order chi connectivity index (χ0) is 17.7. The molecule has 0 unspecified atom stereocenters. The molecule has 2 rings (SSSR count). The fourth-order valence-corrected chi connectivity index (χ4v) is 2.79. The van der Waals surface area contributed by atoms with Crippen molar-refractivity contribution in [3.8, 4) is 5.69 Å². The largest absolute Gasteiger partial charge is 0.396 e. The number of nitrogens with zero attached hydrogens (tertiary/aromatic N) is 2. The molecule has 1 amide bonds. The van der Waals surface area contributed by atoms with Crippen LogP contribution >= 0.6 is 11.6 Å². The molecule has 0 fully saturated rings. The minimum absolute atomic E-state index is 0.128. The average Bonchev–Trinajstić information content (AvgIpc) is 2.87. The Morgan fingerprint density at radius 1 is 1.33 bits per heavy atom. The summed E-state index contributed by atoms with van der Waals surface area (Å²) in [6.45, 7) is 6.44. The lowest BCUT2D eigenvalue weighted by Crippen LogP contribution is -2.27. The second-order valence-corrected chi connectivity index (χ2v) is 7.04. The first kappa shape index (κ1) is 18.5. The smallest absolute Gasteiger partial charge is 0.256 e. The normalized spacial score (nSPS) is 11.5. The summed E-state index contributed by atoms with van der Waals surface area (Å²) in [4.78, 5) is 12.4. The minimum atomic E-state index is -0.221. The summed E-state index contributed by atoms with van der Waals surface area (Å²) in [5.74, 6) is -0.221. The molecule has 0 saturated carbocycles. The molecule has 0 spiro atoms. The summed E-state index contributed by atoms with van der Waals surface area (Å²) in [6.07, 6.45) is 1.63. The van der Waals surface area contributed by atoms with Crippen LogP contribution in [0.1, 0.15) is 42.7 Å². The third-order valence-corrected chi connectivity index (χ3v) is 4.32. The van der Waals surface area contributed by atoms with Crippen molar-refractivity contribution in [2.75, 3.05) is 13.2 Å². The van der Waals surface area contributed by atoms with Gasteiger partial charge in [0.1, 0.15) is 5.15 Å². The van der Waals surface area contributed by atoms with Crippen molar-refractivity contribution in [2.45, 2.75) is 33.6 Å². The third-order valence-electron chi connectivity index (χ3n) is 3.98. The van der Waals surface area contributed by atoms with Gasteiger partial charge < -0.3 is 10.4 Å². The maximum absolute atomic E-state index is 12.4. The zero-order valence-electron chi connectivity index (χ0n) is 14.3. The number of halogens is 1. The lowest BCUT2D eigenvalue weighted by molar-refractivity contribution is 0.0948. The quantitative estimate of drug-likeness (QED) is 0.753. The summed E-state index contributed by atoms with van der Waals surface area (Å²) < 4.78 is 1.57. The van der Waals surface area contributed by atoms with E-state index in [2.05, 4.69) is 10.4 Å². The van der Waals surface area contributed by atoms with Gasteiger partial charge in [-0.2, -0.15) is 5.10 Å². The van der Waals surface area contributed by atoms with E-state index in [9.17, 15) is 9.90 Å². The van der Waals surface area contributed by atoms with E-state index in [1.807, 2.05) is 44.2 Å². The molecule has 0 atom stereocenters. The van der Waals surface area contributed by atoms with Gasteiger partial charge in [-0.25, -0.2) is 4.68 Å². The van der Waals surface area contributed by atoms with E-state index < -0.39 is 0 Å². The van der Waals surface area contributed by atoms with Gasteiger partial charge in [0.25, 0.3) is 5.91 Å². The van der Waals surface area contributed by atoms with Crippen molar-refractivity contribution in [3.05, 3.63) is 46.7 Å². The molecule has 1 heterocycles. The Morgan fingerprint density at radius 2 is 2.00 bits per heavy atom. The number of nitrogens with one attached hydrogen (secondary N) is 1. The number of aliphatic hydroxyl groups excluding tert-OH is 1. The Balaban J connectivity index is 2.04. The molecule has 2 N–H and O–H groups in total. The number of benzene rings is 1. The van der Waals surface area contributed by atoms with Gasteiger partial charge in [-0.15, -0.1) is 0 Å². The van der Waals surface area contributed by atoms with Gasteiger partial charge in [-0.3, -0.25) is 4.79 Å². The van der Waals surface area contributed by atoms with Crippen molar-refractivity contribution in [1.29, 1.82) is 0 Å². The van der Waals surface area contributed by atoms with Crippen molar-refractivity contribution < 1.29 is 9.90 Å². The molecule has 0 radical (unpaired) electrons. The second kappa shape index (κ2) is 7.81. The number of hydrogen-bond donors (Lipinski definition) is 2. The van der Waals surface area contributed by atoms with Crippen LogP contribution in [-0.4, -0.2) is 33.9 Å². The van der Waals surface area contributed by atoms with E-state index in [0.29, 0.717) is 23.0 Å². The summed E-state index contributed by atoms with van der Waals surface area (Å²) >= 11 is 6.37. The van der Waals surface area contributed by atoms with E-state index in [0.717, 1.165) is 18.5 Å². The monoisotopic (exact) mass is 349 g/mol. The first-order chi connectivity index (χ1) is 11.4. The van der Waals surface area contributed by atoms with Crippen LogP contribution < -0.4 is 5.32 Å². The molecule has 0 aliphatic heterocycles. The van der Waals surface area contributed by atoms with Gasteiger partial charge in [-0.1, -0.05) is 43.6 Å². The second-order valence-electron chi connectivity index (χ2n) is 6.68. The van der Waals surface area contributed by atoms with Crippen LogP contribution in [-0.2, 0) is 0 Å². The van der Waals surface area contributed by atoms with E-state index in [4.69, 9.17) is 11.6 Å². The maximum Gasteiger partial charge on any atom is 0.256 e. The number of aromatic nitrogens is 2. The highest BCUT2D eigenvalue weighted by molar-refractivity contribution is 6.33. The number of aryl methyl sites for hydroxylation is 1. The zero-order valence-corrected chi connectivity index (χ0v) is 15.1. The fourth-order valence-electron chi connectivity index (χ4n) is 2.43. The van der Waals surface area contributed by atoms with E-state index in [1.54, 1.807) is 11.6 Å². The van der Waals surface area contributed by atoms with Crippen LogP contribution in [0.5, 0.6) is 0 Å². The maximum atomic E-state index is 12.4. The molecule has 24 heavy (non-hydrogen) atoms. The number of carbonyl (C=O) groups excluding carboxylic acids is 1. The Hall–Kier alpha value is -1.85. The SMILES string of the molecule is Cc1nn(-c2ccccc2)c(Cl)c1C(=O)NCCCC(C)(C)CO. The van der Waals surface area contributed by atoms with Gasteiger partial charge >= 0.3 is 0 Å². The van der Waals surface area contributed by atoms with E-state index in [-0.39, 0.29) is 17.9 Å². The molecule has 0 aliphatic carbocycles. The molecule has 5 nitrogen and oxygen atoms in total. The average molecular weight is 350 g/mol. The number of para-hydroxylation sites is 1. The Bertz CT molecular complexity index is 696. The first-order valence-corrected chi connectivity index (χ1v) is 8.43. The van der Waals surface area contributed by atoms with E-state index in [1.165, 1.54) is 0 Å². The van der Waals surface area contributed by atoms with Crippen molar-refractivity contribution >= 4 is 17.5 Å². The lowest BCUT2D eigenvalue weighted by atomic mass is 9.89. The predicted octanol–water partition coefficient (Wildman–Crippen LogP) is 3.36. The standard InChI is InChI=1S/C18H24ClN3O2/c1-13-15(17(24)20-11-7-10-18(2,3)12-23)16(19)22(21-13)14-8-5-4-6-9-14/h4-6,8-9,23H,7,10-12H2,1-3H3,(H,20,24). The molecule has 130 valence electrons. The minimum Gasteiger partial charge on any atom is -0.396 e. The molecule has 2 aromatic rings. The van der Waals surface area contributed by atoms with Crippen LogP contribution in [0.25, 0.3) is 5.69 Å². The summed E-state index contributed by atoms with van der Waals surface area (Å²) in [7, 11) is 0. The summed E-state index contributed by atoms with van der Waals surface area (Å²) in [5.41, 5.74) is 1.68. The van der Waals surface area contributed by atoms with Gasteiger partial charge in [0.05, 0.1) is 16.9 Å². The van der Waals surface area contributed by atoms with Gasteiger partial charge in [-0.05, 0) is 37.3 Å². The Kier molecular flexibility index (Phi) is 6.02. The van der Waals surface area contributed by atoms with Crippen LogP contribution in [0.3, 0.4) is 0 Å². The van der Waals surface area contributed by atoms with Crippen LogP contribution in [0.4, 0.5) is 0 Å². The van der Waals surface area contributed by atoms with Gasteiger partial charge in [0.15, 0.2) is 0 Å². The molecule has 0 bridgehead atoms. The molecule has 6 heteroatoms. The highest BCUT2D eigenvalue weighted by atomic mass is 35.5. The molecule has 1 aromatic carbocycles. The Labute approximate surface area is 147 Å². The number of rotatable bonds is 7. The highest BCUT2D eigenvalue weighted by Gasteiger charge is 2.21. The highest BCUT2D eigenvalue weighted by Crippen LogP contribution is 2.24. The van der Waals surface area contributed by atoms with Crippen molar-refractivity contribution in [1.82, 2.24) is 15.1 Å². The molecule has 0 aliphatic rings. The number of aliphatic hydroxyl groups is 1. The van der Waals surface area contributed by atoms with Crippen LogP contribution in [0, 0.1) is 12.3 Å². The topological polar surface area (TPSA) is 67.2 Å². The van der Waals surface area contributed by atoms with Crippen LogP contribution in [0.2, 0.25) is 5.15 Å². The number of hydrogen-bond acceptors (Lipinski definition) is 3. The van der Waals surface area contributed by atoms with Crippen molar-refractivity contribution in [3.63, 3.8) is 0 Å². The molecule has 0 saturated heterocycles. The van der Waals surface area contributed by atoms with Crippen LogP contribution in [0.15, 0.2) is 30.3 Å². The summed E-state index contributed by atoms with van der Waals surface area (Å²) in [5, 5.41) is 16.8. The predicted molar refractivity (Wildman–Crippen MR) is 95.7 cm³/mol. The van der Waals surface area contributed by atoms with Crippen molar-refractivity contribution in [2.24, 2.45) is 5.41 Å². The van der Waals surface area contributed by atoms with Gasteiger partial charge in [0, 0.05) is 13.2 Å². The van der Waals surface area contributed by atoms with E-state index >= 15 is 0 Å². The number of carbonyl (C=O) groups is 1. The third kappa shape index (κ3) is 4.36. The first-order valence-electron chi connectivity index (χ1n) is 8.05. The molecular weight excluding hydrogens is 326 g/mol. The summed E-state index contributed by atoms with van der Waals surface area (Å²) in [6, 6.07) is 9.47.